The smallest absolute Gasteiger partial charge is 0.256 e. The molecule has 4 aliphatic rings. The molecule has 5 nitrogen and oxygen atoms in total. The van der Waals surface area contributed by atoms with Gasteiger partial charge in [-0.15, -0.1) is 11.8 Å². The second-order valence-electron chi connectivity index (χ2n) is 9.91. The first-order valence-electron chi connectivity index (χ1n) is 12.1. The first kappa shape index (κ1) is 22.3. The second-order valence-corrected chi connectivity index (χ2v) is 10.9. The molecule has 2 N–H and O–H groups in total. The first-order chi connectivity index (χ1) is 16.0. The third kappa shape index (κ3) is 4.91. The Kier molecular flexibility index (Phi) is 6.37. The molecule has 0 radical (unpaired) electrons. The van der Waals surface area contributed by atoms with E-state index in [0.717, 1.165) is 41.9 Å². The van der Waals surface area contributed by atoms with Crippen LogP contribution >= 0.6 is 11.8 Å². The van der Waals surface area contributed by atoms with Crippen LogP contribution in [-0.2, 0) is 4.79 Å². The molecular weight excluding hydrogens is 432 g/mol. The lowest BCUT2D eigenvalue weighted by Crippen LogP contribution is -2.60. The molecule has 6 heteroatoms. The molecule has 33 heavy (non-hydrogen) atoms. The summed E-state index contributed by atoms with van der Waals surface area (Å²) in [5.41, 5.74) is 1.23. The van der Waals surface area contributed by atoms with Gasteiger partial charge in [-0.25, -0.2) is 0 Å². The van der Waals surface area contributed by atoms with Gasteiger partial charge in [0.1, 0.15) is 5.75 Å². The Morgan fingerprint density at radius 2 is 1.61 bits per heavy atom. The summed E-state index contributed by atoms with van der Waals surface area (Å²) in [4.78, 5) is 26.8. The number of nitrogens with one attached hydrogen (secondary N) is 2. The van der Waals surface area contributed by atoms with Crippen molar-refractivity contribution in [2.75, 3.05) is 17.7 Å². The maximum Gasteiger partial charge on any atom is 0.256 e. The summed E-state index contributed by atoms with van der Waals surface area (Å²) >= 11 is 1.43. The van der Waals surface area contributed by atoms with E-state index < -0.39 is 0 Å². The average molecular weight is 465 g/mol. The van der Waals surface area contributed by atoms with Gasteiger partial charge in [-0.2, -0.15) is 0 Å². The lowest BCUT2D eigenvalue weighted by Gasteiger charge is -2.56. The number of hydrogen-bond donors (Lipinski definition) is 2. The third-order valence-corrected chi connectivity index (χ3v) is 8.44. The predicted molar refractivity (Wildman–Crippen MR) is 132 cm³/mol. The van der Waals surface area contributed by atoms with Crippen molar-refractivity contribution in [1.82, 2.24) is 5.32 Å². The number of ether oxygens (including phenoxy) is 1. The summed E-state index contributed by atoms with van der Waals surface area (Å²) in [5, 5.41) is 6.39. The molecule has 0 aliphatic heterocycles. The molecule has 2 amide bonds. The van der Waals surface area contributed by atoms with Crippen molar-refractivity contribution in [3.05, 3.63) is 54.1 Å². The first-order valence-corrected chi connectivity index (χ1v) is 13.1. The maximum absolute atomic E-state index is 13.1. The van der Waals surface area contributed by atoms with Crippen LogP contribution in [0.1, 0.15) is 55.8 Å². The zero-order valence-corrected chi connectivity index (χ0v) is 20.0. The molecule has 0 unspecified atom stereocenters. The number of carbonyl (C=O) groups excluding carboxylic acids is 2. The molecule has 4 bridgehead atoms. The SMILES string of the molecule is CCOc1ccccc1NC(=O)c1ccccc1SCC(=O)NC12CC3CC(CC(C3)C1)C2. The van der Waals surface area contributed by atoms with Crippen LogP contribution in [0.3, 0.4) is 0 Å². The molecule has 0 atom stereocenters. The minimum atomic E-state index is -0.202. The van der Waals surface area contributed by atoms with Crippen molar-refractivity contribution in [2.45, 2.75) is 55.9 Å². The van der Waals surface area contributed by atoms with E-state index in [9.17, 15) is 9.59 Å². The van der Waals surface area contributed by atoms with E-state index in [4.69, 9.17) is 4.74 Å². The zero-order chi connectivity index (χ0) is 22.8. The van der Waals surface area contributed by atoms with Gasteiger partial charge in [0.15, 0.2) is 0 Å². The molecule has 0 heterocycles. The fraction of sp³-hybridized carbons (Fsp3) is 0.481. The molecular formula is C27H32N2O3S. The average Bonchev–Trinajstić information content (AvgIpc) is 2.78. The quantitative estimate of drug-likeness (QED) is 0.505. The molecule has 4 saturated carbocycles. The van der Waals surface area contributed by atoms with Crippen LogP contribution in [0.25, 0.3) is 0 Å². The highest BCUT2D eigenvalue weighted by Gasteiger charge is 2.51. The molecule has 0 spiro atoms. The van der Waals surface area contributed by atoms with Crippen molar-refractivity contribution in [1.29, 1.82) is 0 Å². The van der Waals surface area contributed by atoms with Crippen LogP contribution in [0.15, 0.2) is 53.4 Å². The Morgan fingerprint density at radius 1 is 0.970 bits per heavy atom. The summed E-state index contributed by atoms with van der Waals surface area (Å²) in [6.07, 6.45) is 7.52. The Balaban J connectivity index is 1.22. The normalized spacial score (nSPS) is 27.2. The van der Waals surface area contributed by atoms with Gasteiger partial charge in [0.2, 0.25) is 5.91 Å². The van der Waals surface area contributed by atoms with Crippen LogP contribution < -0.4 is 15.4 Å². The van der Waals surface area contributed by atoms with E-state index in [0.29, 0.717) is 29.4 Å². The molecule has 0 aromatic heterocycles. The second kappa shape index (κ2) is 9.41. The predicted octanol–water partition coefficient (Wildman–Crippen LogP) is 5.51. The van der Waals surface area contributed by atoms with Gasteiger partial charge in [0, 0.05) is 10.4 Å². The largest absolute Gasteiger partial charge is 0.492 e. The molecule has 2 aromatic rings. The van der Waals surface area contributed by atoms with E-state index in [1.54, 1.807) is 6.07 Å². The Bertz CT molecular complexity index is 1000. The Hall–Kier alpha value is -2.47. The number of rotatable bonds is 8. The molecule has 4 aliphatic carbocycles. The topological polar surface area (TPSA) is 67.4 Å². The minimum absolute atomic E-state index is 0.0201. The van der Waals surface area contributed by atoms with Gasteiger partial charge in [-0.1, -0.05) is 24.3 Å². The van der Waals surface area contributed by atoms with E-state index in [-0.39, 0.29) is 17.4 Å². The van der Waals surface area contributed by atoms with Crippen LogP contribution in [0.5, 0.6) is 5.75 Å². The Morgan fingerprint density at radius 3 is 2.30 bits per heavy atom. The highest BCUT2D eigenvalue weighted by atomic mass is 32.2. The van der Waals surface area contributed by atoms with E-state index in [1.165, 1.54) is 31.0 Å². The fourth-order valence-corrected chi connectivity index (χ4v) is 7.41. The minimum Gasteiger partial charge on any atom is -0.492 e. The molecule has 6 rings (SSSR count). The summed E-state index contributed by atoms with van der Waals surface area (Å²) in [5.74, 6) is 3.25. The third-order valence-electron chi connectivity index (χ3n) is 7.37. The number of amides is 2. The summed E-state index contributed by atoms with van der Waals surface area (Å²) in [6, 6.07) is 14.9. The van der Waals surface area contributed by atoms with Crippen LogP contribution in [0.4, 0.5) is 5.69 Å². The number of hydrogen-bond acceptors (Lipinski definition) is 4. The fourth-order valence-electron chi connectivity index (χ4n) is 6.56. The van der Waals surface area contributed by atoms with Crippen LogP contribution in [0, 0.1) is 17.8 Å². The van der Waals surface area contributed by atoms with Gasteiger partial charge in [-0.05, 0) is 87.5 Å². The molecule has 2 aromatic carbocycles. The lowest BCUT2D eigenvalue weighted by atomic mass is 9.53. The van der Waals surface area contributed by atoms with Crippen molar-refractivity contribution in [2.24, 2.45) is 17.8 Å². The van der Waals surface area contributed by atoms with Gasteiger partial charge < -0.3 is 15.4 Å². The van der Waals surface area contributed by atoms with Gasteiger partial charge >= 0.3 is 0 Å². The van der Waals surface area contributed by atoms with E-state index >= 15 is 0 Å². The highest BCUT2D eigenvalue weighted by Crippen LogP contribution is 2.55. The van der Waals surface area contributed by atoms with Gasteiger partial charge in [0.25, 0.3) is 5.91 Å². The number of para-hydroxylation sites is 2. The Labute approximate surface area is 200 Å². The van der Waals surface area contributed by atoms with Crippen LogP contribution in [0.2, 0.25) is 0 Å². The zero-order valence-electron chi connectivity index (χ0n) is 19.1. The van der Waals surface area contributed by atoms with Crippen molar-refractivity contribution in [3.8, 4) is 5.75 Å². The molecule has 174 valence electrons. The van der Waals surface area contributed by atoms with Crippen molar-refractivity contribution >= 4 is 29.3 Å². The lowest BCUT2D eigenvalue weighted by molar-refractivity contribution is -0.124. The highest BCUT2D eigenvalue weighted by molar-refractivity contribution is 8.00. The van der Waals surface area contributed by atoms with Gasteiger partial charge in [0.05, 0.1) is 23.6 Å². The molecule has 0 saturated heterocycles. The number of thioether (sulfide) groups is 1. The molecule has 4 fully saturated rings. The number of benzene rings is 2. The van der Waals surface area contributed by atoms with E-state index in [1.807, 2.05) is 49.4 Å². The maximum atomic E-state index is 13.1. The monoisotopic (exact) mass is 464 g/mol. The number of anilines is 1. The summed E-state index contributed by atoms with van der Waals surface area (Å²) < 4.78 is 5.63. The summed E-state index contributed by atoms with van der Waals surface area (Å²) in [6.45, 7) is 2.44. The van der Waals surface area contributed by atoms with E-state index in [2.05, 4.69) is 10.6 Å². The van der Waals surface area contributed by atoms with Crippen molar-refractivity contribution in [3.63, 3.8) is 0 Å². The van der Waals surface area contributed by atoms with Crippen LogP contribution in [-0.4, -0.2) is 29.7 Å². The summed E-state index contributed by atoms with van der Waals surface area (Å²) in [7, 11) is 0. The van der Waals surface area contributed by atoms with Gasteiger partial charge in [-0.3, -0.25) is 9.59 Å². The van der Waals surface area contributed by atoms with Crippen molar-refractivity contribution < 1.29 is 14.3 Å². The standard InChI is InChI=1S/C27H32N2O3S/c1-2-32-23-9-5-4-8-22(23)28-26(31)21-7-3-6-10-24(21)33-17-25(30)29-27-14-18-11-19(15-27)13-20(12-18)16-27/h3-10,18-20H,2,11-17H2,1H3,(H,28,31)(H,29,30). The number of carbonyl (C=O) groups is 2.